The van der Waals surface area contributed by atoms with Crippen molar-refractivity contribution in [1.82, 2.24) is 15.0 Å². The standard InChI is InChI=1S/C16H15N5O2S/c1-23-13-5-3-11(4-6-13)19-14(22)9-12-10-24-16(20-12)21-15-17-7-2-8-18-15/h2-8,10H,9H2,1H3,(H,19,22)(H,17,18,20,21). The topological polar surface area (TPSA) is 89.0 Å². The van der Waals surface area contributed by atoms with Crippen LogP contribution in [0.5, 0.6) is 5.75 Å². The lowest BCUT2D eigenvalue weighted by molar-refractivity contribution is -0.115. The molecule has 8 heteroatoms. The molecule has 0 bridgehead atoms. The van der Waals surface area contributed by atoms with E-state index in [2.05, 4.69) is 25.6 Å². The molecule has 1 aromatic carbocycles. The number of benzene rings is 1. The molecule has 24 heavy (non-hydrogen) atoms. The van der Waals surface area contributed by atoms with Crippen LogP contribution in [0.2, 0.25) is 0 Å². The molecule has 0 saturated heterocycles. The molecule has 122 valence electrons. The van der Waals surface area contributed by atoms with E-state index in [9.17, 15) is 4.79 Å². The highest BCUT2D eigenvalue weighted by atomic mass is 32.1. The lowest BCUT2D eigenvalue weighted by Crippen LogP contribution is -2.14. The molecule has 0 atom stereocenters. The van der Waals surface area contributed by atoms with Crippen molar-refractivity contribution in [3.63, 3.8) is 0 Å². The molecule has 1 amide bonds. The first kappa shape index (κ1) is 15.9. The van der Waals surface area contributed by atoms with Crippen molar-refractivity contribution in [2.45, 2.75) is 6.42 Å². The van der Waals surface area contributed by atoms with E-state index in [0.717, 1.165) is 5.75 Å². The molecule has 2 N–H and O–H groups in total. The number of thiazole rings is 1. The van der Waals surface area contributed by atoms with E-state index >= 15 is 0 Å². The summed E-state index contributed by atoms with van der Waals surface area (Å²) in [6, 6.07) is 8.90. The van der Waals surface area contributed by atoms with Crippen molar-refractivity contribution in [3.8, 4) is 5.75 Å². The number of nitrogens with zero attached hydrogens (tertiary/aromatic N) is 3. The zero-order chi connectivity index (χ0) is 16.8. The maximum absolute atomic E-state index is 12.1. The van der Waals surface area contributed by atoms with E-state index in [1.54, 1.807) is 49.8 Å². The number of aromatic nitrogens is 3. The van der Waals surface area contributed by atoms with Crippen molar-refractivity contribution in [3.05, 3.63) is 53.8 Å². The summed E-state index contributed by atoms with van der Waals surface area (Å²) in [5, 5.41) is 8.30. The first-order valence-electron chi connectivity index (χ1n) is 7.15. The molecule has 3 rings (SSSR count). The average molecular weight is 341 g/mol. The number of hydrogen-bond donors (Lipinski definition) is 2. The molecule has 2 heterocycles. The van der Waals surface area contributed by atoms with Crippen LogP contribution in [0.3, 0.4) is 0 Å². The fourth-order valence-corrected chi connectivity index (χ4v) is 2.65. The predicted molar refractivity (Wildman–Crippen MR) is 92.8 cm³/mol. The molecule has 0 radical (unpaired) electrons. The minimum atomic E-state index is -0.132. The van der Waals surface area contributed by atoms with Crippen LogP contribution < -0.4 is 15.4 Å². The highest BCUT2D eigenvalue weighted by molar-refractivity contribution is 7.13. The minimum Gasteiger partial charge on any atom is -0.497 e. The van der Waals surface area contributed by atoms with Gasteiger partial charge in [-0.1, -0.05) is 0 Å². The van der Waals surface area contributed by atoms with E-state index < -0.39 is 0 Å². The molecule has 0 aliphatic heterocycles. The summed E-state index contributed by atoms with van der Waals surface area (Å²) in [5.74, 6) is 1.08. The van der Waals surface area contributed by atoms with Gasteiger partial charge >= 0.3 is 0 Å². The minimum absolute atomic E-state index is 0.132. The van der Waals surface area contributed by atoms with Gasteiger partial charge in [-0.25, -0.2) is 15.0 Å². The largest absolute Gasteiger partial charge is 0.497 e. The first-order valence-corrected chi connectivity index (χ1v) is 8.03. The number of ether oxygens (including phenoxy) is 1. The fourth-order valence-electron chi connectivity index (χ4n) is 1.95. The van der Waals surface area contributed by atoms with E-state index in [1.807, 2.05) is 5.38 Å². The number of rotatable bonds is 6. The summed E-state index contributed by atoms with van der Waals surface area (Å²) in [5.41, 5.74) is 1.40. The fraction of sp³-hybridized carbons (Fsp3) is 0.125. The van der Waals surface area contributed by atoms with Crippen molar-refractivity contribution < 1.29 is 9.53 Å². The highest BCUT2D eigenvalue weighted by Gasteiger charge is 2.09. The zero-order valence-electron chi connectivity index (χ0n) is 12.9. The third-order valence-corrected chi connectivity index (χ3v) is 3.86. The van der Waals surface area contributed by atoms with Crippen molar-refractivity contribution >= 4 is 34.0 Å². The second-order valence-electron chi connectivity index (χ2n) is 4.79. The van der Waals surface area contributed by atoms with Gasteiger partial charge in [0.2, 0.25) is 11.9 Å². The van der Waals surface area contributed by atoms with Crippen LogP contribution in [0.15, 0.2) is 48.1 Å². The van der Waals surface area contributed by atoms with E-state index in [-0.39, 0.29) is 12.3 Å². The zero-order valence-corrected chi connectivity index (χ0v) is 13.7. The second kappa shape index (κ2) is 7.51. The van der Waals surface area contributed by atoms with Crippen LogP contribution in [-0.4, -0.2) is 28.0 Å². The molecule has 0 aliphatic carbocycles. The Morgan fingerprint density at radius 3 is 2.67 bits per heavy atom. The molecule has 7 nitrogen and oxygen atoms in total. The molecule has 0 saturated carbocycles. The normalized spacial score (nSPS) is 10.2. The van der Waals surface area contributed by atoms with E-state index in [4.69, 9.17) is 4.74 Å². The lowest BCUT2D eigenvalue weighted by atomic mass is 10.2. The highest BCUT2D eigenvalue weighted by Crippen LogP contribution is 2.19. The van der Waals surface area contributed by atoms with Gasteiger partial charge in [0.05, 0.1) is 19.2 Å². The van der Waals surface area contributed by atoms with Gasteiger partial charge in [0.1, 0.15) is 5.75 Å². The van der Waals surface area contributed by atoms with Gasteiger partial charge in [0, 0.05) is 23.5 Å². The predicted octanol–water partition coefficient (Wildman–Crippen LogP) is 2.87. The summed E-state index contributed by atoms with van der Waals surface area (Å²) in [6.07, 6.45) is 3.48. The summed E-state index contributed by atoms with van der Waals surface area (Å²) >= 11 is 1.40. The van der Waals surface area contributed by atoms with Crippen molar-refractivity contribution in [2.75, 3.05) is 17.7 Å². The van der Waals surface area contributed by atoms with Crippen LogP contribution >= 0.6 is 11.3 Å². The third-order valence-electron chi connectivity index (χ3n) is 3.05. The molecule has 0 aliphatic rings. The first-order chi connectivity index (χ1) is 11.7. The van der Waals surface area contributed by atoms with Gasteiger partial charge in [-0.15, -0.1) is 11.3 Å². The van der Waals surface area contributed by atoms with Crippen LogP contribution in [0.4, 0.5) is 16.8 Å². The van der Waals surface area contributed by atoms with Gasteiger partial charge in [-0.2, -0.15) is 0 Å². The molecular weight excluding hydrogens is 326 g/mol. The molecule has 3 aromatic rings. The number of amides is 1. The molecule has 2 aromatic heterocycles. The maximum Gasteiger partial charge on any atom is 0.230 e. The Morgan fingerprint density at radius 2 is 1.96 bits per heavy atom. The average Bonchev–Trinajstić information content (AvgIpc) is 3.03. The molecular formula is C16H15N5O2S. The number of carbonyl (C=O) groups excluding carboxylic acids is 1. The van der Waals surface area contributed by atoms with Crippen LogP contribution in [0.25, 0.3) is 0 Å². The number of hydrogen-bond acceptors (Lipinski definition) is 7. The Balaban J connectivity index is 1.56. The quantitative estimate of drug-likeness (QED) is 0.717. The number of methoxy groups -OCH3 is 1. The third kappa shape index (κ3) is 4.26. The van der Waals surface area contributed by atoms with Crippen molar-refractivity contribution in [2.24, 2.45) is 0 Å². The van der Waals surface area contributed by atoms with E-state index in [0.29, 0.717) is 22.5 Å². The summed E-state index contributed by atoms with van der Waals surface area (Å²) in [4.78, 5) is 24.6. The maximum atomic E-state index is 12.1. The Hall–Kier alpha value is -3.00. The van der Waals surface area contributed by atoms with Crippen molar-refractivity contribution in [1.29, 1.82) is 0 Å². The second-order valence-corrected chi connectivity index (χ2v) is 5.65. The number of carbonyl (C=O) groups is 1. The molecule has 0 spiro atoms. The molecule has 0 unspecified atom stereocenters. The van der Waals surface area contributed by atoms with Crippen LogP contribution in [-0.2, 0) is 11.2 Å². The van der Waals surface area contributed by atoms with Crippen LogP contribution in [0.1, 0.15) is 5.69 Å². The number of anilines is 3. The Labute approximate surface area is 142 Å². The van der Waals surface area contributed by atoms with Crippen LogP contribution in [0, 0.1) is 0 Å². The van der Waals surface area contributed by atoms with Gasteiger partial charge < -0.3 is 15.4 Å². The smallest absolute Gasteiger partial charge is 0.230 e. The van der Waals surface area contributed by atoms with Gasteiger partial charge in [0.15, 0.2) is 5.13 Å². The Morgan fingerprint density at radius 1 is 1.21 bits per heavy atom. The van der Waals surface area contributed by atoms with Gasteiger partial charge in [0.25, 0.3) is 0 Å². The van der Waals surface area contributed by atoms with E-state index in [1.165, 1.54) is 11.3 Å². The monoisotopic (exact) mass is 341 g/mol. The molecule has 0 fully saturated rings. The summed E-state index contributed by atoms with van der Waals surface area (Å²) < 4.78 is 5.08. The summed E-state index contributed by atoms with van der Waals surface area (Å²) in [6.45, 7) is 0. The van der Waals surface area contributed by atoms with Gasteiger partial charge in [-0.3, -0.25) is 4.79 Å². The van der Waals surface area contributed by atoms with Gasteiger partial charge in [-0.05, 0) is 30.3 Å². The SMILES string of the molecule is COc1ccc(NC(=O)Cc2csc(Nc3ncccn3)n2)cc1. The summed E-state index contributed by atoms with van der Waals surface area (Å²) in [7, 11) is 1.60. The Kier molecular flexibility index (Phi) is 4.97. The number of nitrogens with one attached hydrogen (secondary N) is 2. The Bertz CT molecular complexity index is 805. The lowest BCUT2D eigenvalue weighted by Gasteiger charge is -2.05.